The number of hydrogen-bond acceptors (Lipinski definition) is 3. The van der Waals surface area contributed by atoms with Crippen LogP contribution in [0.2, 0.25) is 0 Å². The minimum absolute atomic E-state index is 0.273. The van der Waals surface area contributed by atoms with Gasteiger partial charge in [-0.05, 0) is 61.1 Å². The Hall–Kier alpha value is -3.20. The molecular formula is C29H32N2O. The highest BCUT2D eigenvalue weighted by atomic mass is 16.5. The molecule has 0 saturated heterocycles. The number of fused-ring (bicyclic) bond motifs is 3. The van der Waals surface area contributed by atoms with Crippen LogP contribution < -0.4 is 15.0 Å². The van der Waals surface area contributed by atoms with Gasteiger partial charge >= 0.3 is 0 Å². The molecule has 3 nitrogen and oxygen atoms in total. The second-order valence-corrected chi connectivity index (χ2v) is 8.73. The zero-order valence-electron chi connectivity index (χ0n) is 19.0. The topological polar surface area (TPSA) is 24.5 Å². The van der Waals surface area contributed by atoms with Gasteiger partial charge in [-0.3, -0.25) is 0 Å². The molecule has 164 valence electrons. The van der Waals surface area contributed by atoms with Crippen LogP contribution in [-0.4, -0.2) is 13.1 Å². The van der Waals surface area contributed by atoms with E-state index in [4.69, 9.17) is 4.74 Å². The van der Waals surface area contributed by atoms with Gasteiger partial charge < -0.3 is 15.0 Å². The first-order chi connectivity index (χ1) is 15.8. The summed E-state index contributed by atoms with van der Waals surface area (Å²) < 4.78 is 6.31. The predicted octanol–water partition coefficient (Wildman–Crippen LogP) is 6.94. The smallest absolute Gasteiger partial charge is 0.143 e. The summed E-state index contributed by atoms with van der Waals surface area (Å²) >= 11 is 0. The maximum Gasteiger partial charge on any atom is 0.143 e. The minimum atomic E-state index is 0.273. The molecular weight excluding hydrogens is 392 g/mol. The average Bonchev–Trinajstić information content (AvgIpc) is 3.34. The molecule has 0 fully saturated rings. The molecule has 3 atom stereocenters. The van der Waals surface area contributed by atoms with Crippen molar-refractivity contribution in [2.24, 2.45) is 5.92 Å². The third-order valence-electron chi connectivity index (χ3n) is 6.98. The monoisotopic (exact) mass is 424 g/mol. The van der Waals surface area contributed by atoms with Gasteiger partial charge in [0.2, 0.25) is 0 Å². The van der Waals surface area contributed by atoms with Crippen molar-refractivity contribution in [1.29, 1.82) is 0 Å². The Kier molecular flexibility index (Phi) is 5.89. The standard InChI is InChI=1S/C29H32N2O/c1-3-31(4-2)23-18-16-22(17-19-23)28-25-13-8-12-24(25)26-14-9-15-27(29(26)30-28)32-20-21-10-6-5-7-11-21/h5-12,14-19,24-25,28,30H,3-4,13,20H2,1-2H3. The van der Waals surface area contributed by atoms with Crippen molar-refractivity contribution in [3.63, 3.8) is 0 Å². The first-order valence-corrected chi connectivity index (χ1v) is 11.9. The zero-order chi connectivity index (χ0) is 21.9. The van der Waals surface area contributed by atoms with Crippen molar-refractivity contribution in [2.75, 3.05) is 23.3 Å². The molecule has 0 bridgehead atoms. The molecule has 3 heteroatoms. The lowest BCUT2D eigenvalue weighted by atomic mass is 9.77. The van der Waals surface area contributed by atoms with Crippen molar-refractivity contribution in [1.82, 2.24) is 0 Å². The molecule has 0 spiro atoms. The van der Waals surface area contributed by atoms with Crippen LogP contribution in [0.3, 0.4) is 0 Å². The van der Waals surface area contributed by atoms with Gasteiger partial charge in [0.05, 0.1) is 11.7 Å². The normalized spacial score (nSPS) is 20.9. The van der Waals surface area contributed by atoms with Crippen molar-refractivity contribution >= 4 is 11.4 Å². The van der Waals surface area contributed by atoms with Gasteiger partial charge in [0.1, 0.15) is 12.4 Å². The summed E-state index contributed by atoms with van der Waals surface area (Å²) in [5.74, 6) is 1.90. The molecule has 0 amide bonds. The van der Waals surface area contributed by atoms with E-state index in [-0.39, 0.29) is 6.04 Å². The van der Waals surface area contributed by atoms with E-state index in [1.54, 1.807) is 0 Å². The number of allylic oxidation sites excluding steroid dienone is 2. The average molecular weight is 425 g/mol. The zero-order valence-corrected chi connectivity index (χ0v) is 19.0. The van der Waals surface area contributed by atoms with Gasteiger partial charge in [-0.2, -0.15) is 0 Å². The first kappa shape index (κ1) is 20.7. The SMILES string of the molecule is CCN(CC)c1ccc(C2Nc3c(OCc4ccccc4)cccc3C3C=CCC32)cc1. The van der Waals surface area contributed by atoms with Gasteiger partial charge in [0.25, 0.3) is 0 Å². The summed E-state index contributed by atoms with van der Waals surface area (Å²) in [5, 5.41) is 3.89. The molecule has 3 aromatic rings. The molecule has 1 aliphatic carbocycles. The molecule has 2 aliphatic rings. The predicted molar refractivity (Wildman–Crippen MR) is 134 cm³/mol. The van der Waals surface area contributed by atoms with Crippen LogP contribution >= 0.6 is 0 Å². The Balaban J connectivity index is 1.44. The summed E-state index contributed by atoms with van der Waals surface area (Å²) in [7, 11) is 0. The summed E-state index contributed by atoms with van der Waals surface area (Å²) in [6.07, 6.45) is 5.85. The summed E-state index contributed by atoms with van der Waals surface area (Å²) in [4.78, 5) is 2.39. The molecule has 0 saturated carbocycles. The Morgan fingerprint density at radius 3 is 2.44 bits per heavy atom. The third kappa shape index (κ3) is 3.88. The Morgan fingerprint density at radius 1 is 0.906 bits per heavy atom. The van der Waals surface area contributed by atoms with E-state index in [1.165, 1.54) is 22.4 Å². The van der Waals surface area contributed by atoms with Crippen LogP contribution in [0.1, 0.15) is 48.9 Å². The molecule has 1 heterocycles. The lowest BCUT2D eigenvalue weighted by Crippen LogP contribution is -2.29. The van der Waals surface area contributed by atoms with E-state index >= 15 is 0 Å². The highest BCUT2D eigenvalue weighted by Crippen LogP contribution is 2.52. The van der Waals surface area contributed by atoms with Gasteiger partial charge in [-0.25, -0.2) is 0 Å². The number of benzene rings is 3. The van der Waals surface area contributed by atoms with Crippen molar-refractivity contribution in [3.05, 3.63) is 102 Å². The second kappa shape index (κ2) is 9.12. The van der Waals surface area contributed by atoms with Crippen LogP contribution in [0, 0.1) is 5.92 Å². The van der Waals surface area contributed by atoms with E-state index in [1.807, 2.05) is 6.07 Å². The molecule has 5 rings (SSSR count). The largest absolute Gasteiger partial charge is 0.487 e. The van der Waals surface area contributed by atoms with Gasteiger partial charge in [-0.1, -0.05) is 66.7 Å². The fourth-order valence-corrected chi connectivity index (χ4v) is 5.26. The highest BCUT2D eigenvalue weighted by molar-refractivity contribution is 5.68. The second-order valence-electron chi connectivity index (χ2n) is 8.73. The van der Waals surface area contributed by atoms with Crippen LogP contribution in [0.15, 0.2) is 84.9 Å². The number of nitrogens with one attached hydrogen (secondary N) is 1. The molecule has 0 aromatic heterocycles. The summed E-state index contributed by atoms with van der Waals surface area (Å²) in [6.45, 7) is 7.06. The molecule has 3 aromatic carbocycles. The molecule has 1 N–H and O–H groups in total. The van der Waals surface area contributed by atoms with Gasteiger partial charge in [0, 0.05) is 24.7 Å². The van der Waals surface area contributed by atoms with Gasteiger partial charge in [-0.15, -0.1) is 0 Å². The minimum Gasteiger partial charge on any atom is -0.487 e. The summed E-state index contributed by atoms with van der Waals surface area (Å²) in [5.41, 5.74) is 6.33. The van der Waals surface area contributed by atoms with Crippen molar-refractivity contribution in [3.8, 4) is 5.75 Å². The van der Waals surface area contributed by atoms with E-state index in [2.05, 4.69) is 103 Å². The Bertz CT molecular complexity index is 1070. The number of rotatable bonds is 7. The fourth-order valence-electron chi connectivity index (χ4n) is 5.26. The first-order valence-electron chi connectivity index (χ1n) is 11.9. The quantitative estimate of drug-likeness (QED) is 0.416. The van der Waals surface area contributed by atoms with Crippen LogP contribution in [-0.2, 0) is 6.61 Å². The highest BCUT2D eigenvalue weighted by Gasteiger charge is 2.39. The maximum absolute atomic E-state index is 6.31. The summed E-state index contributed by atoms with van der Waals surface area (Å²) in [6, 6.07) is 26.3. The molecule has 32 heavy (non-hydrogen) atoms. The number of nitrogens with zero attached hydrogens (tertiary/aromatic N) is 1. The molecule has 1 aliphatic heterocycles. The van der Waals surface area contributed by atoms with E-state index in [0.29, 0.717) is 18.4 Å². The van der Waals surface area contributed by atoms with Crippen molar-refractivity contribution in [2.45, 2.75) is 38.8 Å². The van der Waals surface area contributed by atoms with E-state index in [9.17, 15) is 0 Å². The Labute approximate surface area is 191 Å². The van der Waals surface area contributed by atoms with Crippen molar-refractivity contribution < 1.29 is 4.74 Å². The fraction of sp³-hybridized carbons (Fsp3) is 0.310. The van der Waals surface area contributed by atoms with Crippen LogP contribution in [0.5, 0.6) is 5.75 Å². The number of anilines is 2. The van der Waals surface area contributed by atoms with Crippen LogP contribution in [0.25, 0.3) is 0 Å². The number of para-hydroxylation sites is 1. The maximum atomic E-state index is 6.31. The lowest BCUT2D eigenvalue weighted by Gasteiger charge is -2.38. The Morgan fingerprint density at radius 2 is 1.69 bits per heavy atom. The van der Waals surface area contributed by atoms with Gasteiger partial charge in [0.15, 0.2) is 0 Å². The van der Waals surface area contributed by atoms with E-state index in [0.717, 1.165) is 30.9 Å². The van der Waals surface area contributed by atoms with Crippen LogP contribution in [0.4, 0.5) is 11.4 Å². The number of ether oxygens (including phenoxy) is 1. The lowest BCUT2D eigenvalue weighted by molar-refractivity contribution is 0.304. The van der Waals surface area contributed by atoms with E-state index < -0.39 is 0 Å². The molecule has 3 unspecified atom stereocenters. The third-order valence-corrected chi connectivity index (χ3v) is 6.98. The molecule has 0 radical (unpaired) electrons. The number of hydrogen-bond donors (Lipinski definition) is 1.